The molecular formula is CH2O5S2SeZn. The van der Waals surface area contributed by atoms with Gasteiger partial charge in [0.15, 0.2) is 0 Å². The van der Waals surface area contributed by atoms with Gasteiger partial charge in [-0.1, -0.05) is 0 Å². The maximum atomic E-state index is 10.0. The van der Waals surface area contributed by atoms with E-state index in [1.807, 2.05) is 0 Å². The molecule has 0 aliphatic heterocycles. The normalized spacial score (nSPS) is 17.0. The summed E-state index contributed by atoms with van der Waals surface area (Å²) in [6.45, 7) is 0. The summed E-state index contributed by atoms with van der Waals surface area (Å²) < 4.78 is 49.1. The molecule has 0 N–H and O–H groups in total. The SMILES string of the molecule is O=S(=O)([O-])CS(=O)([O-])=[Se].[Zn+2]. The zero-order valence-electron chi connectivity index (χ0n) is 4.68. The zero-order chi connectivity index (χ0) is 7.71. The molecule has 0 saturated heterocycles. The first-order chi connectivity index (χ1) is 3.71. The third kappa shape index (κ3) is 11.9. The summed E-state index contributed by atoms with van der Waals surface area (Å²) >= 11 is 1.57. The molecule has 1 atom stereocenters. The van der Waals surface area contributed by atoms with Crippen LogP contribution in [0.5, 0.6) is 0 Å². The van der Waals surface area contributed by atoms with Crippen molar-refractivity contribution in [1.29, 1.82) is 0 Å². The van der Waals surface area contributed by atoms with Crippen LogP contribution >= 0.6 is 0 Å². The minimum atomic E-state index is -4.65. The van der Waals surface area contributed by atoms with Crippen molar-refractivity contribution in [3.8, 4) is 0 Å². The Morgan fingerprint density at radius 2 is 1.50 bits per heavy atom. The Hall–Kier alpha value is 1.16. The van der Waals surface area contributed by atoms with Gasteiger partial charge in [0.1, 0.15) is 0 Å². The van der Waals surface area contributed by atoms with E-state index in [9.17, 15) is 21.7 Å². The van der Waals surface area contributed by atoms with Gasteiger partial charge in [-0.05, 0) is 0 Å². The van der Waals surface area contributed by atoms with Crippen molar-refractivity contribution >= 4 is 32.6 Å². The molecule has 0 radical (unpaired) electrons. The Kier molecular flexibility index (Phi) is 5.84. The molecule has 0 saturated carbocycles. The molecule has 0 aromatic heterocycles. The average molecular weight is 303 g/mol. The second kappa shape index (κ2) is 4.25. The van der Waals surface area contributed by atoms with Crippen molar-refractivity contribution in [2.75, 3.05) is 5.08 Å². The molecule has 0 spiro atoms. The fourth-order valence-electron chi connectivity index (χ4n) is 0.177. The van der Waals surface area contributed by atoms with E-state index in [4.69, 9.17) is 0 Å². The minimum Gasteiger partial charge on any atom is 2.00 e. The smallest absolute Gasteiger partial charge is 2.00 e. The minimum absolute atomic E-state index is 0. The molecule has 0 aliphatic rings. The van der Waals surface area contributed by atoms with Crippen molar-refractivity contribution in [2.24, 2.45) is 0 Å². The van der Waals surface area contributed by atoms with Crippen LogP contribution in [-0.4, -0.2) is 41.2 Å². The van der Waals surface area contributed by atoms with Crippen LogP contribution in [0, 0.1) is 0 Å². The maximum absolute atomic E-state index is 10.0. The molecule has 10 heavy (non-hydrogen) atoms. The summed E-state index contributed by atoms with van der Waals surface area (Å²) in [5.74, 6) is 0. The van der Waals surface area contributed by atoms with Gasteiger partial charge < -0.3 is 0 Å². The second-order valence-corrected chi connectivity index (χ2v) is 7.60. The van der Waals surface area contributed by atoms with E-state index >= 15 is 0 Å². The van der Waals surface area contributed by atoms with E-state index in [2.05, 4.69) is 0 Å². The van der Waals surface area contributed by atoms with Gasteiger partial charge in [0.2, 0.25) is 0 Å². The molecule has 0 aromatic rings. The van der Waals surface area contributed by atoms with E-state index in [-0.39, 0.29) is 19.5 Å². The van der Waals surface area contributed by atoms with Crippen LogP contribution < -0.4 is 0 Å². The average Bonchev–Trinajstić information content (AvgIpc) is 1.14. The topological polar surface area (TPSA) is 97.3 Å². The van der Waals surface area contributed by atoms with Gasteiger partial charge in [0.05, 0.1) is 0 Å². The van der Waals surface area contributed by atoms with E-state index in [0.717, 1.165) is 0 Å². The van der Waals surface area contributed by atoms with Gasteiger partial charge in [0, 0.05) is 0 Å². The molecule has 9 heteroatoms. The van der Waals surface area contributed by atoms with Crippen LogP contribution in [0.1, 0.15) is 0 Å². The van der Waals surface area contributed by atoms with Crippen LogP contribution in [0.15, 0.2) is 0 Å². The van der Waals surface area contributed by atoms with Gasteiger partial charge in [-0.2, -0.15) is 0 Å². The van der Waals surface area contributed by atoms with Crippen molar-refractivity contribution in [3.63, 3.8) is 0 Å². The third-order valence-corrected chi connectivity index (χ3v) is 4.42. The fraction of sp³-hybridized carbons (Fsp3) is 1.00. The Morgan fingerprint density at radius 1 is 1.20 bits per heavy atom. The van der Waals surface area contributed by atoms with Crippen molar-refractivity contribution in [3.05, 3.63) is 0 Å². The molecule has 1 unspecified atom stereocenters. The van der Waals surface area contributed by atoms with E-state index in [1.165, 1.54) is 0 Å². The number of hydrogen-bond donors (Lipinski definition) is 0. The van der Waals surface area contributed by atoms with Crippen molar-refractivity contribution < 1.29 is 41.2 Å². The van der Waals surface area contributed by atoms with Gasteiger partial charge >= 0.3 is 78.9 Å². The van der Waals surface area contributed by atoms with Crippen LogP contribution in [0.3, 0.4) is 0 Å². The van der Waals surface area contributed by atoms with Crippen LogP contribution in [0.25, 0.3) is 0 Å². The molecule has 0 fully saturated rings. The Morgan fingerprint density at radius 3 is 1.50 bits per heavy atom. The largest absolute Gasteiger partial charge is 2.00 e. The number of hydrogen-bond acceptors (Lipinski definition) is 5. The van der Waals surface area contributed by atoms with Crippen LogP contribution in [0.2, 0.25) is 0 Å². The van der Waals surface area contributed by atoms with Gasteiger partial charge in [-0.3, -0.25) is 0 Å². The molecule has 0 bridgehead atoms. The first-order valence-corrected chi connectivity index (χ1v) is 6.83. The summed E-state index contributed by atoms with van der Waals surface area (Å²) in [4.78, 5) is 0. The summed E-state index contributed by atoms with van der Waals surface area (Å²) in [5.41, 5.74) is 0. The van der Waals surface area contributed by atoms with E-state index in [1.54, 1.807) is 14.4 Å². The third-order valence-electron chi connectivity index (χ3n) is 0.289. The molecule has 0 amide bonds. The van der Waals surface area contributed by atoms with Crippen molar-refractivity contribution in [1.82, 2.24) is 0 Å². The quantitative estimate of drug-likeness (QED) is 0.433. The first-order valence-electron chi connectivity index (χ1n) is 1.58. The molecular weight excluding hydrogens is 300 g/mol. The summed E-state index contributed by atoms with van der Waals surface area (Å²) in [6.07, 6.45) is 0. The molecule has 0 heterocycles. The fourth-order valence-corrected chi connectivity index (χ4v) is 3.82. The molecule has 0 aliphatic carbocycles. The predicted octanol–water partition coefficient (Wildman–Crippen LogP) is -2.02. The van der Waals surface area contributed by atoms with E-state index < -0.39 is 23.3 Å². The summed E-state index contributed by atoms with van der Waals surface area (Å²) in [5, 5.41) is -1.38. The molecule has 56 valence electrons. The van der Waals surface area contributed by atoms with Crippen LogP contribution in [-0.2, 0) is 37.7 Å². The Balaban J connectivity index is 0. The van der Waals surface area contributed by atoms with Crippen molar-refractivity contribution in [2.45, 2.75) is 0 Å². The van der Waals surface area contributed by atoms with Gasteiger partial charge in [0.25, 0.3) is 0 Å². The number of rotatable bonds is 2. The second-order valence-electron chi connectivity index (χ2n) is 1.23. The van der Waals surface area contributed by atoms with Crippen LogP contribution in [0.4, 0.5) is 0 Å². The summed E-state index contributed by atoms with van der Waals surface area (Å²) in [7, 11) is -8.46. The molecule has 0 rings (SSSR count). The van der Waals surface area contributed by atoms with E-state index in [0.29, 0.717) is 0 Å². The standard InChI is InChI=1S/CH4O5S2Se.Zn/c2-7(3,4)1-8(5,6)9;/h1H2,(H,2,3,4)(H,5,6,9);/q;+2/p-2. The summed E-state index contributed by atoms with van der Waals surface area (Å²) in [6, 6.07) is 0. The molecule has 5 nitrogen and oxygen atoms in total. The predicted molar refractivity (Wildman–Crippen MR) is 29.2 cm³/mol. The monoisotopic (exact) mass is 302 g/mol. The molecule has 0 aromatic carbocycles. The zero-order valence-corrected chi connectivity index (χ0v) is 11.0. The Labute approximate surface area is 78.6 Å². The first kappa shape index (κ1) is 13.7. The Bertz CT molecular complexity index is 245. The van der Waals surface area contributed by atoms with Gasteiger partial charge in [-0.25, -0.2) is 0 Å². The van der Waals surface area contributed by atoms with Gasteiger partial charge in [-0.15, -0.1) is 0 Å². The maximum Gasteiger partial charge on any atom is 2.00 e.